The topological polar surface area (TPSA) is 197 Å². The third-order valence-electron chi connectivity index (χ3n) is 5.47. The van der Waals surface area contributed by atoms with Crippen LogP contribution >= 0.6 is 0 Å². The molecule has 32 heavy (non-hydrogen) atoms. The zero-order valence-electron chi connectivity index (χ0n) is 18.3. The van der Waals surface area contributed by atoms with E-state index in [1.54, 1.807) is 0 Å². The van der Waals surface area contributed by atoms with Crippen molar-refractivity contribution >= 4 is 23.7 Å². The average Bonchev–Trinajstić information content (AvgIpc) is 3.44. The Labute approximate surface area is 186 Å². The summed E-state index contributed by atoms with van der Waals surface area (Å²) in [7, 11) is 0. The number of hydrogen-bond donors (Lipinski definition) is 6. The molecule has 12 heteroatoms. The van der Waals surface area contributed by atoms with E-state index in [-0.39, 0.29) is 6.42 Å². The van der Waals surface area contributed by atoms with Crippen molar-refractivity contribution in [3.63, 3.8) is 0 Å². The fourth-order valence-electron chi connectivity index (χ4n) is 3.63. The Bertz CT molecular complexity index is 785. The van der Waals surface area contributed by atoms with Gasteiger partial charge in [0.05, 0.1) is 12.4 Å². The van der Waals surface area contributed by atoms with Gasteiger partial charge in [-0.25, -0.2) is 9.78 Å². The number of nitrogens with zero attached hydrogens (tertiary/aromatic N) is 2. The van der Waals surface area contributed by atoms with Crippen LogP contribution in [0.25, 0.3) is 0 Å². The van der Waals surface area contributed by atoms with Gasteiger partial charge in [0.15, 0.2) is 0 Å². The number of hydrogen-bond acceptors (Lipinski definition) is 7. The molecule has 0 saturated carbocycles. The molecule has 0 bridgehead atoms. The Morgan fingerprint density at radius 2 is 2.03 bits per heavy atom. The van der Waals surface area contributed by atoms with E-state index in [0.29, 0.717) is 44.5 Å². The number of aromatic nitrogens is 2. The van der Waals surface area contributed by atoms with Crippen LogP contribution in [0.1, 0.15) is 44.7 Å². The van der Waals surface area contributed by atoms with Crippen LogP contribution in [-0.4, -0.2) is 80.9 Å². The van der Waals surface area contributed by atoms with Crippen LogP contribution in [0.2, 0.25) is 0 Å². The minimum atomic E-state index is -1.08. The molecule has 12 nitrogen and oxygen atoms in total. The molecule has 0 aromatic carbocycles. The van der Waals surface area contributed by atoms with Crippen molar-refractivity contribution in [1.82, 2.24) is 25.5 Å². The molecule has 0 aliphatic carbocycles. The van der Waals surface area contributed by atoms with Gasteiger partial charge < -0.3 is 37.1 Å². The van der Waals surface area contributed by atoms with E-state index in [0.717, 1.165) is 6.42 Å². The van der Waals surface area contributed by atoms with Gasteiger partial charge >= 0.3 is 5.97 Å². The van der Waals surface area contributed by atoms with Gasteiger partial charge in [-0.05, 0) is 39.2 Å². The maximum atomic E-state index is 13.1. The molecule has 2 heterocycles. The summed E-state index contributed by atoms with van der Waals surface area (Å²) in [6.45, 7) is 2.31. The lowest BCUT2D eigenvalue weighted by Gasteiger charge is -2.28. The molecule has 4 unspecified atom stereocenters. The zero-order chi connectivity index (χ0) is 23.7. The fraction of sp³-hybridized carbons (Fsp3) is 0.650. The summed E-state index contributed by atoms with van der Waals surface area (Å²) < 4.78 is 0. The van der Waals surface area contributed by atoms with Gasteiger partial charge in [0.2, 0.25) is 17.7 Å². The number of carbonyl (C=O) groups is 4. The second-order valence-electron chi connectivity index (χ2n) is 7.99. The van der Waals surface area contributed by atoms with Crippen LogP contribution in [-0.2, 0) is 25.6 Å². The smallest absolute Gasteiger partial charge is 0.326 e. The maximum absolute atomic E-state index is 13.1. The van der Waals surface area contributed by atoms with Gasteiger partial charge in [0.1, 0.15) is 18.1 Å². The molecular formula is C20H33N7O5. The maximum Gasteiger partial charge on any atom is 0.326 e. The largest absolute Gasteiger partial charge is 0.480 e. The predicted molar refractivity (Wildman–Crippen MR) is 115 cm³/mol. The molecule has 4 atom stereocenters. The summed E-state index contributed by atoms with van der Waals surface area (Å²) in [5, 5.41) is 14.6. The predicted octanol–water partition coefficient (Wildman–Crippen LogP) is -1.53. The van der Waals surface area contributed by atoms with E-state index in [1.807, 2.05) is 0 Å². The van der Waals surface area contributed by atoms with Crippen molar-refractivity contribution in [1.29, 1.82) is 0 Å². The van der Waals surface area contributed by atoms with Crippen molar-refractivity contribution in [2.75, 3.05) is 13.1 Å². The fourth-order valence-corrected chi connectivity index (χ4v) is 3.63. The average molecular weight is 452 g/mol. The monoisotopic (exact) mass is 451 g/mol. The van der Waals surface area contributed by atoms with Crippen LogP contribution in [0.3, 0.4) is 0 Å². The molecule has 8 N–H and O–H groups in total. The SMILES string of the molecule is CC(NC(=O)C(N)CCCCN)C(=O)NC(Cc1cnc[nH]1)C(=O)N1CCCC1C(=O)O. The number of rotatable bonds is 12. The van der Waals surface area contributed by atoms with E-state index < -0.39 is 47.9 Å². The standard InChI is InChI=1S/C20H33N7O5/c1-12(25-18(29)14(22)5-2-3-7-21)17(28)26-15(9-13-10-23-11-24-13)19(30)27-8-4-6-16(27)20(31)32/h10-12,14-16H,2-9,21-22H2,1H3,(H,23,24)(H,25,29)(H,26,28)(H,31,32). The number of amides is 3. The molecule has 1 aliphatic rings. The molecule has 0 spiro atoms. The van der Waals surface area contributed by atoms with Crippen molar-refractivity contribution in [3.05, 3.63) is 18.2 Å². The normalized spacial score (nSPS) is 18.6. The van der Waals surface area contributed by atoms with Crippen molar-refractivity contribution in [2.45, 2.75) is 69.6 Å². The lowest BCUT2D eigenvalue weighted by molar-refractivity contribution is -0.149. The Morgan fingerprint density at radius 1 is 1.28 bits per heavy atom. The number of nitrogens with one attached hydrogen (secondary N) is 3. The molecule has 0 radical (unpaired) electrons. The number of carboxylic acids is 1. The van der Waals surface area contributed by atoms with Gasteiger partial charge in [-0.15, -0.1) is 0 Å². The molecular weight excluding hydrogens is 418 g/mol. The summed E-state index contributed by atoms with van der Waals surface area (Å²) >= 11 is 0. The van der Waals surface area contributed by atoms with Crippen molar-refractivity contribution < 1.29 is 24.3 Å². The van der Waals surface area contributed by atoms with E-state index >= 15 is 0 Å². The first-order valence-electron chi connectivity index (χ1n) is 10.8. The molecule has 178 valence electrons. The second kappa shape index (κ2) is 12.2. The number of carbonyl (C=O) groups excluding carboxylic acids is 3. The summed E-state index contributed by atoms with van der Waals surface area (Å²) in [4.78, 5) is 57.7. The minimum absolute atomic E-state index is 0.104. The first-order chi connectivity index (χ1) is 15.2. The van der Waals surface area contributed by atoms with E-state index in [2.05, 4.69) is 20.6 Å². The number of aromatic amines is 1. The number of aliphatic carboxylic acids is 1. The number of unbranched alkanes of at least 4 members (excludes halogenated alkanes) is 1. The Kier molecular flexibility index (Phi) is 9.60. The van der Waals surface area contributed by atoms with E-state index in [1.165, 1.54) is 24.3 Å². The summed E-state index contributed by atoms with van der Waals surface area (Å²) in [5.74, 6) is -2.61. The molecule has 1 aromatic rings. The van der Waals surface area contributed by atoms with Gasteiger partial charge in [-0.2, -0.15) is 0 Å². The number of H-pyrrole nitrogens is 1. The first-order valence-corrected chi connectivity index (χ1v) is 10.8. The van der Waals surface area contributed by atoms with Crippen LogP contribution in [0, 0.1) is 0 Å². The van der Waals surface area contributed by atoms with Gasteiger partial charge in [0, 0.05) is 24.9 Å². The Balaban J connectivity index is 2.03. The molecule has 2 rings (SSSR count). The highest BCUT2D eigenvalue weighted by atomic mass is 16.4. The highest BCUT2D eigenvalue weighted by Gasteiger charge is 2.38. The minimum Gasteiger partial charge on any atom is -0.480 e. The zero-order valence-corrected chi connectivity index (χ0v) is 18.3. The number of nitrogens with two attached hydrogens (primary N) is 2. The lowest BCUT2D eigenvalue weighted by atomic mass is 10.1. The van der Waals surface area contributed by atoms with Crippen LogP contribution < -0.4 is 22.1 Å². The van der Waals surface area contributed by atoms with E-state index in [4.69, 9.17) is 11.5 Å². The van der Waals surface area contributed by atoms with Gasteiger partial charge in [-0.3, -0.25) is 14.4 Å². The van der Waals surface area contributed by atoms with Crippen LogP contribution in [0.15, 0.2) is 12.5 Å². The molecule has 1 fully saturated rings. The Morgan fingerprint density at radius 3 is 2.66 bits per heavy atom. The molecule has 1 aliphatic heterocycles. The summed E-state index contributed by atoms with van der Waals surface area (Å²) in [6.07, 6.45) is 5.91. The third-order valence-corrected chi connectivity index (χ3v) is 5.47. The quantitative estimate of drug-likeness (QED) is 0.206. The second-order valence-corrected chi connectivity index (χ2v) is 7.99. The van der Waals surface area contributed by atoms with Crippen molar-refractivity contribution in [3.8, 4) is 0 Å². The molecule has 1 saturated heterocycles. The highest BCUT2D eigenvalue weighted by molar-refractivity contribution is 5.94. The molecule has 1 aromatic heterocycles. The number of imidazole rings is 1. The number of likely N-dealkylation sites (tertiary alicyclic amines) is 1. The molecule has 3 amide bonds. The van der Waals surface area contributed by atoms with Crippen molar-refractivity contribution in [2.24, 2.45) is 11.5 Å². The van der Waals surface area contributed by atoms with Gasteiger partial charge in [0.25, 0.3) is 0 Å². The van der Waals surface area contributed by atoms with Crippen LogP contribution in [0.4, 0.5) is 0 Å². The first kappa shape index (κ1) is 25.3. The lowest BCUT2D eigenvalue weighted by Crippen LogP contribution is -2.57. The summed E-state index contributed by atoms with van der Waals surface area (Å²) in [5.41, 5.74) is 11.9. The number of carboxylic acid groups (broad SMARTS) is 1. The van der Waals surface area contributed by atoms with Gasteiger partial charge in [-0.1, -0.05) is 6.42 Å². The van der Waals surface area contributed by atoms with Crippen LogP contribution in [0.5, 0.6) is 0 Å². The van der Waals surface area contributed by atoms with E-state index in [9.17, 15) is 24.3 Å². The summed E-state index contributed by atoms with van der Waals surface area (Å²) in [6, 6.07) is -3.64. The Hall–Kier alpha value is -2.99. The third kappa shape index (κ3) is 7.02. The highest BCUT2D eigenvalue weighted by Crippen LogP contribution is 2.19.